The molecule has 8 heteroatoms. The highest BCUT2D eigenvalue weighted by atomic mass is 16.5. The van der Waals surface area contributed by atoms with Gasteiger partial charge in [0.1, 0.15) is 6.61 Å². The predicted octanol–water partition coefficient (Wildman–Crippen LogP) is 3.40. The zero-order valence-electron chi connectivity index (χ0n) is 19.5. The molecule has 35 heavy (non-hydrogen) atoms. The number of aliphatic carboxylic acids is 1. The van der Waals surface area contributed by atoms with E-state index in [9.17, 15) is 19.5 Å². The first kappa shape index (κ1) is 23.4. The number of hydrogen-bond donors (Lipinski definition) is 2. The van der Waals surface area contributed by atoms with Crippen LogP contribution in [-0.2, 0) is 19.1 Å². The number of nitrogens with one attached hydrogen (secondary N) is 1. The number of fused-ring (bicyclic) bond motifs is 3. The van der Waals surface area contributed by atoms with Gasteiger partial charge in [0.25, 0.3) is 0 Å². The van der Waals surface area contributed by atoms with E-state index in [0.29, 0.717) is 13.0 Å². The van der Waals surface area contributed by atoms with Crippen LogP contribution in [-0.4, -0.2) is 66.4 Å². The number of amides is 2. The summed E-state index contributed by atoms with van der Waals surface area (Å²) in [6.07, 6.45) is 1.41. The Bertz CT molecular complexity index is 1070. The standard InChI is InChI=1S/C27H30N2O6/c30-25(29-12-13-34-24(15-29)26(31)32)17-6-5-7-18(14-17)28-27(33)35-16-23-21-10-3-1-8-19(21)20-9-2-4-11-22(20)23/h1-4,8-11,17-18,23-24H,5-7,12-16H2,(H,28,33)(H,31,32)/t17-,18-,24?/m1/s1. The van der Waals surface area contributed by atoms with Crippen molar-refractivity contribution in [2.75, 3.05) is 26.3 Å². The van der Waals surface area contributed by atoms with Gasteiger partial charge in [0.2, 0.25) is 5.91 Å². The molecule has 0 radical (unpaired) electrons. The molecule has 3 aliphatic rings. The summed E-state index contributed by atoms with van der Waals surface area (Å²) in [4.78, 5) is 38.5. The molecule has 0 aromatic heterocycles. The first-order chi connectivity index (χ1) is 17.0. The number of alkyl carbamates (subject to hydrolysis) is 1. The van der Waals surface area contributed by atoms with E-state index in [0.717, 1.165) is 30.4 Å². The maximum atomic E-state index is 13.0. The predicted molar refractivity (Wildman–Crippen MR) is 128 cm³/mol. The number of benzene rings is 2. The second-order valence-corrected chi connectivity index (χ2v) is 9.51. The fourth-order valence-corrected chi connectivity index (χ4v) is 5.61. The fourth-order valence-electron chi connectivity index (χ4n) is 5.61. The Morgan fingerprint density at radius 3 is 2.40 bits per heavy atom. The summed E-state index contributed by atoms with van der Waals surface area (Å²) in [5, 5.41) is 12.2. The minimum atomic E-state index is -1.05. The molecule has 2 fully saturated rings. The van der Waals surface area contributed by atoms with Gasteiger partial charge < -0.3 is 24.8 Å². The number of carboxylic acid groups (broad SMARTS) is 1. The van der Waals surface area contributed by atoms with Crippen LogP contribution >= 0.6 is 0 Å². The third kappa shape index (κ3) is 4.89. The van der Waals surface area contributed by atoms with Crippen molar-refractivity contribution in [1.82, 2.24) is 10.2 Å². The normalized spacial score (nSPS) is 23.8. The Balaban J connectivity index is 1.16. The van der Waals surface area contributed by atoms with Gasteiger partial charge in [-0.3, -0.25) is 4.79 Å². The Labute approximate surface area is 204 Å². The minimum Gasteiger partial charge on any atom is -0.479 e. The van der Waals surface area contributed by atoms with Crippen LogP contribution in [0.25, 0.3) is 11.1 Å². The van der Waals surface area contributed by atoms with Crippen molar-refractivity contribution < 1.29 is 29.0 Å². The van der Waals surface area contributed by atoms with E-state index in [1.54, 1.807) is 4.90 Å². The molecule has 2 aromatic rings. The van der Waals surface area contributed by atoms with E-state index in [4.69, 9.17) is 9.47 Å². The highest BCUT2D eigenvalue weighted by molar-refractivity contribution is 5.81. The number of nitrogens with zero attached hydrogens (tertiary/aromatic N) is 1. The average Bonchev–Trinajstić information content (AvgIpc) is 3.21. The zero-order chi connectivity index (χ0) is 24.4. The number of hydrogen-bond acceptors (Lipinski definition) is 5. The number of rotatable bonds is 5. The Kier molecular flexibility index (Phi) is 6.72. The van der Waals surface area contributed by atoms with Crippen LogP contribution in [0.5, 0.6) is 0 Å². The van der Waals surface area contributed by atoms with Crippen molar-refractivity contribution in [3.8, 4) is 11.1 Å². The van der Waals surface area contributed by atoms with Gasteiger partial charge in [-0.15, -0.1) is 0 Å². The van der Waals surface area contributed by atoms with Gasteiger partial charge in [-0.2, -0.15) is 0 Å². The van der Waals surface area contributed by atoms with Crippen molar-refractivity contribution in [1.29, 1.82) is 0 Å². The molecule has 1 unspecified atom stereocenters. The maximum Gasteiger partial charge on any atom is 0.407 e. The van der Waals surface area contributed by atoms with Crippen LogP contribution < -0.4 is 5.32 Å². The summed E-state index contributed by atoms with van der Waals surface area (Å²) in [5.41, 5.74) is 4.68. The Morgan fingerprint density at radius 2 is 1.71 bits per heavy atom. The zero-order valence-corrected chi connectivity index (χ0v) is 19.5. The second kappa shape index (κ2) is 10.1. The highest BCUT2D eigenvalue weighted by Crippen LogP contribution is 2.44. The van der Waals surface area contributed by atoms with Crippen LogP contribution in [0, 0.1) is 5.92 Å². The van der Waals surface area contributed by atoms with E-state index in [2.05, 4.69) is 29.6 Å². The molecule has 3 atom stereocenters. The topological polar surface area (TPSA) is 105 Å². The van der Waals surface area contributed by atoms with Crippen LogP contribution in [0.1, 0.15) is 42.7 Å². The number of carboxylic acids is 1. The lowest BCUT2D eigenvalue weighted by atomic mass is 9.84. The van der Waals surface area contributed by atoms with Crippen molar-refractivity contribution in [2.45, 2.75) is 43.7 Å². The van der Waals surface area contributed by atoms with Crippen LogP contribution in [0.4, 0.5) is 4.79 Å². The number of morpholine rings is 1. The summed E-state index contributed by atoms with van der Waals surface area (Å²) < 4.78 is 10.9. The van der Waals surface area contributed by atoms with Gasteiger partial charge in [-0.25, -0.2) is 9.59 Å². The lowest BCUT2D eigenvalue weighted by Gasteiger charge is -2.36. The molecule has 1 heterocycles. The fraction of sp³-hybridized carbons (Fsp3) is 0.444. The molecule has 2 aromatic carbocycles. The largest absolute Gasteiger partial charge is 0.479 e. The Hall–Kier alpha value is -3.39. The lowest BCUT2D eigenvalue weighted by molar-refractivity contribution is -0.161. The lowest BCUT2D eigenvalue weighted by Crippen LogP contribution is -2.51. The van der Waals surface area contributed by atoms with Gasteiger partial charge in [-0.05, 0) is 41.5 Å². The van der Waals surface area contributed by atoms with Gasteiger partial charge in [0, 0.05) is 24.4 Å². The summed E-state index contributed by atoms with van der Waals surface area (Å²) in [6, 6.07) is 16.3. The summed E-state index contributed by atoms with van der Waals surface area (Å²) in [7, 11) is 0. The van der Waals surface area contributed by atoms with Crippen LogP contribution in [0.3, 0.4) is 0 Å². The molecule has 2 aliphatic carbocycles. The number of carbonyl (C=O) groups excluding carboxylic acids is 2. The third-order valence-corrected chi connectivity index (χ3v) is 7.34. The number of carbonyl (C=O) groups is 3. The molecule has 1 aliphatic heterocycles. The molecule has 0 bridgehead atoms. The maximum absolute atomic E-state index is 13.0. The summed E-state index contributed by atoms with van der Waals surface area (Å²) in [6.45, 7) is 0.925. The Morgan fingerprint density at radius 1 is 1.03 bits per heavy atom. The molecular formula is C27H30N2O6. The average molecular weight is 479 g/mol. The van der Waals surface area contributed by atoms with Gasteiger partial charge in [0.15, 0.2) is 6.10 Å². The first-order valence-corrected chi connectivity index (χ1v) is 12.3. The van der Waals surface area contributed by atoms with E-state index in [1.807, 2.05) is 24.3 Å². The summed E-state index contributed by atoms with van der Waals surface area (Å²) in [5.74, 6) is -1.35. The van der Waals surface area contributed by atoms with Crippen molar-refractivity contribution >= 4 is 18.0 Å². The van der Waals surface area contributed by atoms with Crippen LogP contribution in [0.2, 0.25) is 0 Å². The second-order valence-electron chi connectivity index (χ2n) is 9.51. The molecule has 1 saturated heterocycles. The van der Waals surface area contributed by atoms with Crippen LogP contribution in [0.15, 0.2) is 48.5 Å². The molecule has 0 spiro atoms. The van der Waals surface area contributed by atoms with Crippen molar-refractivity contribution in [3.63, 3.8) is 0 Å². The van der Waals surface area contributed by atoms with Gasteiger partial charge >= 0.3 is 12.1 Å². The SMILES string of the molecule is O=C(N[C@@H]1CCC[C@@H](C(=O)N2CCOC(C(=O)O)C2)C1)OCC1c2ccccc2-c2ccccc21. The molecular weight excluding hydrogens is 448 g/mol. The van der Waals surface area contributed by atoms with Crippen molar-refractivity contribution in [3.05, 3.63) is 59.7 Å². The number of ether oxygens (including phenoxy) is 2. The minimum absolute atomic E-state index is 0.00247. The van der Waals surface area contributed by atoms with Gasteiger partial charge in [0.05, 0.1) is 13.2 Å². The third-order valence-electron chi connectivity index (χ3n) is 7.34. The van der Waals surface area contributed by atoms with E-state index in [1.165, 1.54) is 11.1 Å². The molecule has 8 nitrogen and oxygen atoms in total. The monoisotopic (exact) mass is 478 g/mol. The molecule has 1 saturated carbocycles. The first-order valence-electron chi connectivity index (χ1n) is 12.3. The van der Waals surface area contributed by atoms with E-state index in [-0.39, 0.29) is 43.5 Å². The molecule has 2 amide bonds. The molecule has 2 N–H and O–H groups in total. The van der Waals surface area contributed by atoms with E-state index < -0.39 is 18.2 Å². The smallest absolute Gasteiger partial charge is 0.407 e. The quantitative estimate of drug-likeness (QED) is 0.683. The van der Waals surface area contributed by atoms with Crippen molar-refractivity contribution in [2.24, 2.45) is 5.92 Å². The molecule has 184 valence electrons. The summed E-state index contributed by atoms with van der Waals surface area (Å²) >= 11 is 0. The highest BCUT2D eigenvalue weighted by Gasteiger charge is 2.35. The van der Waals surface area contributed by atoms with E-state index >= 15 is 0 Å². The van der Waals surface area contributed by atoms with Gasteiger partial charge in [-0.1, -0.05) is 55.0 Å². The molecule has 5 rings (SSSR count).